The van der Waals surface area contributed by atoms with Crippen molar-refractivity contribution >= 4 is 39.9 Å². The van der Waals surface area contributed by atoms with Crippen molar-refractivity contribution < 1.29 is 9.72 Å². The summed E-state index contributed by atoms with van der Waals surface area (Å²) in [6, 6.07) is 12.2. The molecule has 3 rings (SSSR count). The van der Waals surface area contributed by atoms with Crippen molar-refractivity contribution in [2.24, 2.45) is 0 Å². The summed E-state index contributed by atoms with van der Waals surface area (Å²) < 4.78 is 2.16. The highest BCUT2D eigenvalue weighted by Gasteiger charge is 2.21. The molecule has 7 nitrogen and oxygen atoms in total. The molecule has 0 aliphatic heterocycles. The Hall–Kier alpha value is -2.84. The number of aromatic nitrogens is 1. The molecule has 1 heterocycles. The predicted octanol–water partition coefficient (Wildman–Crippen LogP) is 4.09. The molecule has 0 spiro atoms. The zero-order chi connectivity index (χ0) is 20.3. The first kappa shape index (κ1) is 19.9. The van der Waals surface area contributed by atoms with Crippen LogP contribution in [0, 0.1) is 10.1 Å². The van der Waals surface area contributed by atoms with E-state index in [1.165, 1.54) is 17.8 Å². The number of rotatable bonds is 7. The number of carbonyl (C=O) groups is 1. The van der Waals surface area contributed by atoms with Crippen LogP contribution in [0.3, 0.4) is 0 Å². The fourth-order valence-electron chi connectivity index (χ4n) is 2.96. The van der Waals surface area contributed by atoms with Crippen LogP contribution in [0.5, 0.6) is 0 Å². The molecule has 0 unspecified atom stereocenters. The van der Waals surface area contributed by atoms with Gasteiger partial charge in [-0.2, -0.15) is 0 Å². The maximum Gasteiger partial charge on any atom is 0.282 e. The molecule has 146 valence electrons. The highest BCUT2D eigenvalue weighted by molar-refractivity contribution is 7.98. The molecular weight excluding hydrogens is 376 g/mol. The van der Waals surface area contributed by atoms with Gasteiger partial charge >= 0.3 is 0 Å². The maximum absolute atomic E-state index is 12.7. The van der Waals surface area contributed by atoms with E-state index >= 15 is 0 Å². The number of hydrogen-bond donors (Lipinski definition) is 1. The fraction of sp³-hybridized carbons (Fsp3) is 0.250. The molecule has 2 aromatic carbocycles. The molecule has 1 aromatic heterocycles. The van der Waals surface area contributed by atoms with E-state index in [2.05, 4.69) is 14.8 Å². The van der Waals surface area contributed by atoms with E-state index < -0.39 is 10.8 Å². The van der Waals surface area contributed by atoms with E-state index in [1.807, 2.05) is 50.8 Å². The van der Waals surface area contributed by atoms with Gasteiger partial charge in [0.25, 0.3) is 11.6 Å². The Bertz CT molecular complexity index is 1030. The minimum atomic E-state index is -0.535. The molecular formula is C20H22N4O3S. The van der Waals surface area contributed by atoms with Crippen LogP contribution in [0.2, 0.25) is 0 Å². The first-order valence-corrected chi connectivity index (χ1v) is 9.99. The number of amides is 1. The Balaban J connectivity index is 1.85. The van der Waals surface area contributed by atoms with E-state index in [4.69, 9.17) is 0 Å². The van der Waals surface area contributed by atoms with Gasteiger partial charge < -0.3 is 14.8 Å². The molecule has 0 saturated carbocycles. The number of likely N-dealkylation sites (N-methyl/N-ethyl adjacent to an activating group) is 1. The van der Waals surface area contributed by atoms with Gasteiger partial charge in [0.05, 0.1) is 4.92 Å². The zero-order valence-electron chi connectivity index (χ0n) is 16.0. The van der Waals surface area contributed by atoms with Gasteiger partial charge in [-0.25, -0.2) is 0 Å². The summed E-state index contributed by atoms with van der Waals surface area (Å²) in [5.74, 6) is -0.492. The molecule has 0 aliphatic rings. The highest BCUT2D eigenvalue weighted by atomic mass is 32.2. The molecule has 8 heteroatoms. The number of fused-ring (bicyclic) bond motifs is 1. The van der Waals surface area contributed by atoms with Crippen molar-refractivity contribution in [3.8, 4) is 0 Å². The van der Waals surface area contributed by atoms with E-state index in [-0.39, 0.29) is 11.3 Å². The molecule has 0 radical (unpaired) electrons. The molecule has 3 aromatic rings. The zero-order valence-corrected chi connectivity index (χ0v) is 16.8. The van der Waals surface area contributed by atoms with Crippen LogP contribution < -0.4 is 5.32 Å². The number of thioether (sulfide) groups is 1. The van der Waals surface area contributed by atoms with Crippen LogP contribution in [-0.2, 0) is 6.54 Å². The summed E-state index contributed by atoms with van der Waals surface area (Å²) in [5.41, 5.74) is 1.54. The van der Waals surface area contributed by atoms with Gasteiger partial charge in [-0.15, -0.1) is 11.8 Å². The molecule has 0 bridgehead atoms. The average molecular weight is 398 g/mol. The van der Waals surface area contributed by atoms with Crippen LogP contribution >= 0.6 is 11.8 Å². The number of nitrogens with one attached hydrogen (secondary N) is 1. The van der Waals surface area contributed by atoms with E-state index in [1.54, 1.807) is 12.1 Å². The normalized spacial score (nSPS) is 11.1. The van der Waals surface area contributed by atoms with Gasteiger partial charge in [0, 0.05) is 46.8 Å². The number of nitro groups is 1. The predicted molar refractivity (Wildman–Crippen MR) is 113 cm³/mol. The summed E-state index contributed by atoms with van der Waals surface area (Å²) in [4.78, 5) is 26.4. The highest BCUT2D eigenvalue weighted by Crippen LogP contribution is 2.26. The molecule has 1 N–H and O–H groups in total. The first-order valence-electron chi connectivity index (χ1n) is 8.76. The minimum absolute atomic E-state index is 0.0560. The Morgan fingerprint density at radius 1 is 1.21 bits per heavy atom. The summed E-state index contributed by atoms with van der Waals surface area (Å²) in [5, 5.41) is 15.1. The monoisotopic (exact) mass is 398 g/mol. The second-order valence-electron chi connectivity index (χ2n) is 6.68. The lowest BCUT2D eigenvalue weighted by Gasteiger charge is -2.11. The lowest BCUT2D eigenvalue weighted by Crippen LogP contribution is -2.17. The van der Waals surface area contributed by atoms with Crippen LogP contribution in [-0.4, -0.2) is 47.2 Å². The van der Waals surface area contributed by atoms with E-state index in [0.29, 0.717) is 5.69 Å². The standard InChI is InChI=1S/C20H22N4O3S/c1-22(2)10-11-23-9-8-14-12-15(4-6-18(14)23)21-20(25)17-13-16(28-3)5-7-19(17)24(26)27/h4-9,12-13H,10-11H2,1-3H3,(H,21,25). The van der Waals surface area contributed by atoms with E-state index in [9.17, 15) is 14.9 Å². The number of nitrogens with zero attached hydrogens (tertiary/aromatic N) is 3. The SMILES string of the molecule is CSc1ccc([N+](=O)[O-])c(C(=O)Nc2ccc3c(ccn3CCN(C)C)c2)c1. The van der Waals surface area contributed by atoms with Gasteiger partial charge in [-0.05, 0) is 56.7 Å². The lowest BCUT2D eigenvalue weighted by atomic mass is 10.1. The Kier molecular flexibility index (Phi) is 6.01. The summed E-state index contributed by atoms with van der Waals surface area (Å²) in [6.45, 7) is 1.80. The van der Waals surface area contributed by atoms with Gasteiger partial charge in [0.2, 0.25) is 0 Å². The fourth-order valence-corrected chi connectivity index (χ4v) is 3.40. The van der Waals surface area contributed by atoms with Crippen LogP contribution in [0.15, 0.2) is 53.6 Å². The third kappa shape index (κ3) is 4.35. The van der Waals surface area contributed by atoms with Crippen LogP contribution in [0.4, 0.5) is 11.4 Å². The Morgan fingerprint density at radius 3 is 2.68 bits per heavy atom. The van der Waals surface area contributed by atoms with Crippen molar-refractivity contribution in [3.05, 3.63) is 64.3 Å². The minimum Gasteiger partial charge on any atom is -0.346 e. The number of nitro benzene ring substituents is 1. The maximum atomic E-state index is 12.7. The van der Waals surface area contributed by atoms with Gasteiger partial charge in [-0.3, -0.25) is 14.9 Å². The number of benzene rings is 2. The van der Waals surface area contributed by atoms with Gasteiger partial charge in [-0.1, -0.05) is 0 Å². The van der Waals surface area contributed by atoms with Gasteiger partial charge in [0.1, 0.15) is 5.56 Å². The largest absolute Gasteiger partial charge is 0.346 e. The van der Waals surface area contributed by atoms with Crippen molar-refractivity contribution in [1.29, 1.82) is 0 Å². The Morgan fingerprint density at radius 2 is 2.00 bits per heavy atom. The molecule has 1 amide bonds. The lowest BCUT2D eigenvalue weighted by molar-refractivity contribution is -0.385. The topological polar surface area (TPSA) is 80.4 Å². The smallest absolute Gasteiger partial charge is 0.282 e. The Labute approximate surface area is 167 Å². The van der Waals surface area contributed by atoms with E-state index in [0.717, 1.165) is 28.9 Å². The number of carbonyl (C=O) groups excluding carboxylic acids is 1. The van der Waals surface area contributed by atoms with Gasteiger partial charge in [0.15, 0.2) is 0 Å². The van der Waals surface area contributed by atoms with Crippen molar-refractivity contribution in [1.82, 2.24) is 9.47 Å². The summed E-state index contributed by atoms with van der Waals surface area (Å²) in [7, 11) is 4.06. The molecule has 28 heavy (non-hydrogen) atoms. The van der Waals surface area contributed by atoms with Crippen LogP contribution in [0.1, 0.15) is 10.4 Å². The second-order valence-corrected chi connectivity index (χ2v) is 7.56. The second kappa shape index (κ2) is 8.45. The molecule has 0 fully saturated rings. The van der Waals surface area contributed by atoms with Crippen LogP contribution in [0.25, 0.3) is 10.9 Å². The third-order valence-corrected chi connectivity index (χ3v) is 5.19. The molecule has 0 aliphatic carbocycles. The first-order chi connectivity index (χ1) is 13.4. The van der Waals surface area contributed by atoms with Crippen molar-refractivity contribution in [3.63, 3.8) is 0 Å². The molecule has 0 atom stereocenters. The van der Waals surface area contributed by atoms with Crippen molar-refractivity contribution in [2.45, 2.75) is 11.4 Å². The van der Waals surface area contributed by atoms with Crippen molar-refractivity contribution in [2.75, 3.05) is 32.2 Å². The quantitative estimate of drug-likeness (QED) is 0.368. The summed E-state index contributed by atoms with van der Waals surface area (Å²) >= 11 is 1.43. The third-order valence-electron chi connectivity index (χ3n) is 4.46. The number of anilines is 1. The number of hydrogen-bond acceptors (Lipinski definition) is 5. The average Bonchev–Trinajstić information content (AvgIpc) is 3.07. The summed E-state index contributed by atoms with van der Waals surface area (Å²) in [6.07, 6.45) is 3.88. The molecule has 0 saturated heterocycles.